The summed E-state index contributed by atoms with van der Waals surface area (Å²) >= 11 is 0. The molecule has 2 heterocycles. The summed E-state index contributed by atoms with van der Waals surface area (Å²) in [7, 11) is 2.74. The molecule has 1 fully saturated rings. The van der Waals surface area contributed by atoms with Crippen LogP contribution in [0, 0.1) is 12.3 Å². The van der Waals surface area contributed by atoms with Crippen LogP contribution >= 0.6 is 0 Å². The van der Waals surface area contributed by atoms with Crippen LogP contribution in [-0.2, 0) is 15.7 Å². The lowest BCUT2D eigenvalue weighted by Gasteiger charge is -2.18. The number of allylic oxidation sites excluding steroid dienone is 2. The fourth-order valence-electron chi connectivity index (χ4n) is 3.89. The summed E-state index contributed by atoms with van der Waals surface area (Å²) in [5.41, 5.74) is -0.859. The van der Waals surface area contributed by atoms with E-state index in [0.29, 0.717) is 19.2 Å². The van der Waals surface area contributed by atoms with Crippen molar-refractivity contribution in [2.75, 3.05) is 37.9 Å². The van der Waals surface area contributed by atoms with E-state index in [-0.39, 0.29) is 52.2 Å². The second-order valence-electron chi connectivity index (χ2n) is 8.60. The highest BCUT2D eigenvalue weighted by Gasteiger charge is 2.35. The summed E-state index contributed by atoms with van der Waals surface area (Å²) in [6.07, 6.45) is 2.83. The molecule has 0 radical (unpaired) electrons. The number of carbonyl (C=O) groups excluding carboxylic acids is 2. The second-order valence-corrected chi connectivity index (χ2v) is 8.60. The number of terminal acetylenes is 1. The first-order chi connectivity index (χ1) is 18.5. The van der Waals surface area contributed by atoms with Gasteiger partial charge in [0.25, 0.3) is 5.91 Å². The van der Waals surface area contributed by atoms with Gasteiger partial charge in [-0.05, 0) is 37.5 Å². The van der Waals surface area contributed by atoms with Gasteiger partial charge < -0.3 is 30.7 Å². The quantitative estimate of drug-likeness (QED) is 0.174. The van der Waals surface area contributed by atoms with Crippen LogP contribution in [-0.4, -0.2) is 60.2 Å². The van der Waals surface area contributed by atoms with E-state index in [4.69, 9.17) is 11.2 Å². The van der Waals surface area contributed by atoms with Crippen molar-refractivity contribution in [1.29, 1.82) is 0 Å². The van der Waals surface area contributed by atoms with Gasteiger partial charge in [0.05, 0.1) is 35.7 Å². The number of aromatic nitrogens is 1. The van der Waals surface area contributed by atoms with Gasteiger partial charge in [0, 0.05) is 38.0 Å². The number of pyridine rings is 1. The van der Waals surface area contributed by atoms with Crippen LogP contribution in [0.1, 0.15) is 29.3 Å². The maximum atomic E-state index is 13.8. The molecule has 2 aromatic rings. The minimum Gasteiger partial charge on any atom is -0.494 e. The molecule has 1 atom stereocenters. The number of β-amino-alcohol motifs (C(OH)–C–C–N with tert-alkyl or cyclic N) is 1. The molecule has 2 amide bonds. The number of alkyl halides is 3. The van der Waals surface area contributed by atoms with Crippen LogP contribution in [0.2, 0.25) is 0 Å². The van der Waals surface area contributed by atoms with Gasteiger partial charge in [-0.3, -0.25) is 9.59 Å². The Morgan fingerprint density at radius 2 is 2.00 bits per heavy atom. The summed E-state index contributed by atoms with van der Waals surface area (Å²) < 4.78 is 46.7. The smallest absolute Gasteiger partial charge is 0.419 e. The molecule has 3 rings (SSSR count). The molecule has 1 aromatic heterocycles. The van der Waals surface area contributed by atoms with Crippen LogP contribution in [0.3, 0.4) is 0 Å². The summed E-state index contributed by atoms with van der Waals surface area (Å²) in [5, 5.41) is 17.6. The standard InChI is InChI=1S/C27H28F3N5O4/c1-5-20(23(39-4)12-16(2)26(38)35-11-10-17(36)15-35)34-24-13-22(19(14-32-24)27(28,29)30)33-21-9-7-6-8-18(21)25(37)31-3/h1,6-9,12-14,17,36H,10-11,15H2,2-4H3,(H,31,37)(H2,32,33,34)/b16-12+,23-20-/t17-/m0/s1. The molecule has 39 heavy (non-hydrogen) atoms. The fraction of sp³-hybridized carbons (Fsp3) is 0.296. The summed E-state index contributed by atoms with van der Waals surface area (Å²) in [6.45, 7) is 2.18. The van der Waals surface area contributed by atoms with Crippen molar-refractivity contribution in [3.05, 3.63) is 70.8 Å². The van der Waals surface area contributed by atoms with E-state index < -0.39 is 23.8 Å². The van der Waals surface area contributed by atoms with E-state index in [2.05, 4.69) is 26.9 Å². The number of anilines is 3. The monoisotopic (exact) mass is 543 g/mol. The topological polar surface area (TPSA) is 116 Å². The van der Waals surface area contributed by atoms with Gasteiger partial charge >= 0.3 is 6.18 Å². The molecule has 0 bridgehead atoms. The van der Waals surface area contributed by atoms with Crippen molar-refractivity contribution in [1.82, 2.24) is 15.2 Å². The zero-order chi connectivity index (χ0) is 28.7. The maximum absolute atomic E-state index is 13.8. The highest BCUT2D eigenvalue weighted by Crippen LogP contribution is 2.37. The van der Waals surface area contributed by atoms with Gasteiger partial charge in [0.2, 0.25) is 5.91 Å². The second kappa shape index (κ2) is 12.4. The molecule has 0 aliphatic carbocycles. The molecule has 0 saturated carbocycles. The third-order valence-corrected chi connectivity index (χ3v) is 5.88. The first-order valence-electron chi connectivity index (χ1n) is 11.8. The predicted molar refractivity (Wildman–Crippen MR) is 140 cm³/mol. The molecule has 1 saturated heterocycles. The summed E-state index contributed by atoms with van der Waals surface area (Å²) in [5.74, 6) is 1.59. The van der Waals surface area contributed by atoms with E-state index in [1.165, 1.54) is 37.3 Å². The SMILES string of the molecule is C#C/C(Nc1cc(Nc2ccccc2C(=O)NC)c(C(F)(F)F)cn1)=C(\C=C(/C)C(=O)N1CC[C@H](O)C1)OC. The number of halogens is 3. The van der Waals surface area contributed by atoms with Crippen LogP contribution in [0.5, 0.6) is 0 Å². The lowest BCUT2D eigenvalue weighted by atomic mass is 10.1. The first-order valence-corrected chi connectivity index (χ1v) is 11.8. The number of hydrogen-bond acceptors (Lipinski definition) is 7. The van der Waals surface area contributed by atoms with Crippen molar-refractivity contribution in [2.24, 2.45) is 0 Å². The van der Waals surface area contributed by atoms with E-state index >= 15 is 0 Å². The number of hydrogen-bond donors (Lipinski definition) is 4. The molecule has 0 spiro atoms. The minimum absolute atomic E-state index is 0.00933. The van der Waals surface area contributed by atoms with Crippen molar-refractivity contribution >= 4 is 29.0 Å². The van der Waals surface area contributed by atoms with Gasteiger partial charge in [-0.2, -0.15) is 13.2 Å². The van der Waals surface area contributed by atoms with E-state index in [1.54, 1.807) is 19.1 Å². The molecule has 0 unspecified atom stereocenters. The average molecular weight is 544 g/mol. The van der Waals surface area contributed by atoms with E-state index in [9.17, 15) is 27.9 Å². The van der Waals surface area contributed by atoms with Crippen LogP contribution in [0.25, 0.3) is 0 Å². The Morgan fingerprint density at radius 1 is 1.28 bits per heavy atom. The third-order valence-electron chi connectivity index (χ3n) is 5.88. The highest BCUT2D eigenvalue weighted by atomic mass is 19.4. The largest absolute Gasteiger partial charge is 0.494 e. The van der Waals surface area contributed by atoms with Crippen molar-refractivity contribution < 1.29 is 32.6 Å². The van der Waals surface area contributed by atoms with Crippen LogP contribution < -0.4 is 16.0 Å². The number of benzene rings is 1. The number of ether oxygens (including phenoxy) is 1. The van der Waals surface area contributed by atoms with Crippen molar-refractivity contribution in [2.45, 2.75) is 25.6 Å². The van der Waals surface area contributed by atoms with Gasteiger partial charge in [0.15, 0.2) is 5.76 Å². The molecule has 206 valence electrons. The van der Waals surface area contributed by atoms with Crippen molar-refractivity contribution in [3.63, 3.8) is 0 Å². The third kappa shape index (κ3) is 7.08. The maximum Gasteiger partial charge on any atom is 0.419 e. The average Bonchev–Trinajstić information content (AvgIpc) is 3.35. The van der Waals surface area contributed by atoms with Crippen molar-refractivity contribution in [3.8, 4) is 12.3 Å². The zero-order valence-electron chi connectivity index (χ0n) is 21.5. The Morgan fingerprint density at radius 3 is 2.59 bits per heavy atom. The number of aliphatic hydroxyl groups is 1. The Kier molecular flexibility index (Phi) is 9.21. The van der Waals surface area contributed by atoms with Crippen LogP contribution in [0.15, 0.2) is 59.6 Å². The predicted octanol–water partition coefficient (Wildman–Crippen LogP) is 3.65. The lowest BCUT2D eigenvalue weighted by Crippen LogP contribution is -2.30. The fourth-order valence-corrected chi connectivity index (χ4v) is 3.89. The molecule has 9 nitrogen and oxygen atoms in total. The summed E-state index contributed by atoms with van der Waals surface area (Å²) in [6, 6.07) is 7.20. The number of para-hydroxylation sites is 1. The molecular weight excluding hydrogens is 515 g/mol. The number of likely N-dealkylation sites (tertiary alicyclic amines) is 1. The van der Waals surface area contributed by atoms with Gasteiger partial charge in [-0.1, -0.05) is 12.1 Å². The number of amides is 2. The summed E-state index contributed by atoms with van der Waals surface area (Å²) in [4.78, 5) is 30.3. The number of aliphatic hydroxyl groups excluding tert-OH is 1. The minimum atomic E-state index is -4.75. The highest BCUT2D eigenvalue weighted by molar-refractivity contribution is 6.00. The first kappa shape index (κ1) is 29.1. The normalized spacial score (nSPS) is 16.2. The Labute approximate surface area is 223 Å². The molecule has 1 aromatic carbocycles. The number of methoxy groups -OCH3 is 1. The lowest BCUT2D eigenvalue weighted by molar-refractivity contribution is -0.137. The molecule has 4 N–H and O–H groups in total. The molecular formula is C27H28F3N5O4. The van der Waals surface area contributed by atoms with Gasteiger partial charge in [-0.15, -0.1) is 6.42 Å². The molecule has 12 heteroatoms. The Hall–Kier alpha value is -4.50. The van der Waals surface area contributed by atoms with Crippen LogP contribution in [0.4, 0.5) is 30.4 Å². The number of nitrogens with zero attached hydrogens (tertiary/aromatic N) is 2. The Bertz CT molecular complexity index is 1350. The number of carbonyl (C=O) groups is 2. The zero-order valence-corrected chi connectivity index (χ0v) is 21.5. The number of rotatable bonds is 8. The van der Waals surface area contributed by atoms with Gasteiger partial charge in [-0.25, -0.2) is 4.98 Å². The Balaban J connectivity index is 1.97. The van der Waals surface area contributed by atoms with E-state index in [1.807, 2.05) is 0 Å². The number of nitrogens with one attached hydrogen (secondary N) is 3. The molecule has 1 aliphatic rings. The van der Waals surface area contributed by atoms with E-state index in [0.717, 1.165) is 6.07 Å². The molecule has 1 aliphatic heterocycles. The van der Waals surface area contributed by atoms with Gasteiger partial charge in [0.1, 0.15) is 11.5 Å².